The van der Waals surface area contributed by atoms with Crippen molar-refractivity contribution in [3.8, 4) is 0 Å². The van der Waals surface area contributed by atoms with Gasteiger partial charge in [-0.3, -0.25) is 19.7 Å². The molecule has 2 heterocycles. The van der Waals surface area contributed by atoms with E-state index >= 15 is 0 Å². The first-order valence-corrected chi connectivity index (χ1v) is 9.04. The Morgan fingerprint density at radius 1 is 1.12 bits per heavy atom. The molecule has 138 valence electrons. The zero-order valence-electron chi connectivity index (χ0n) is 15.5. The normalized spacial score (nSPS) is 16.9. The highest BCUT2D eigenvalue weighted by molar-refractivity contribution is 5.82. The number of carbonyl (C=O) groups is 1. The fraction of sp³-hybridized carbons (Fsp3) is 0.450. The first kappa shape index (κ1) is 18.5. The minimum absolute atomic E-state index is 0.0377. The molecule has 1 aromatic carbocycles. The SMILES string of the molecule is CO[C@@H](C(=O)N1CCCN(Cc2cnc(C)cn2)CC1)c1ccccc1. The molecular weight excluding hydrogens is 328 g/mol. The molecular formula is C20H26N4O2. The van der Waals surface area contributed by atoms with Crippen LogP contribution in [0.25, 0.3) is 0 Å². The summed E-state index contributed by atoms with van der Waals surface area (Å²) in [4.78, 5) is 25.9. The molecule has 0 spiro atoms. The summed E-state index contributed by atoms with van der Waals surface area (Å²) in [6, 6.07) is 9.68. The molecule has 0 N–H and O–H groups in total. The molecule has 0 bridgehead atoms. The van der Waals surface area contributed by atoms with Crippen LogP contribution in [0.15, 0.2) is 42.7 Å². The third-order valence-electron chi connectivity index (χ3n) is 4.68. The number of methoxy groups -OCH3 is 1. The van der Waals surface area contributed by atoms with Crippen molar-refractivity contribution in [2.75, 3.05) is 33.3 Å². The molecule has 26 heavy (non-hydrogen) atoms. The van der Waals surface area contributed by atoms with E-state index in [0.29, 0.717) is 6.54 Å². The molecule has 6 nitrogen and oxygen atoms in total. The minimum atomic E-state index is -0.536. The van der Waals surface area contributed by atoms with Crippen molar-refractivity contribution in [1.29, 1.82) is 0 Å². The van der Waals surface area contributed by atoms with Gasteiger partial charge in [0.25, 0.3) is 5.91 Å². The number of ether oxygens (including phenoxy) is 1. The summed E-state index contributed by atoms with van der Waals surface area (Å²) in [7, 11) is 1.59. The van der Waals surface area contributed by atoms with Gasteiger partial charge in [-0.15, -0.1) is 0 Å². The Bertz CT molecular complexity index is 706. The summed E-state index contributed by atoms with van der Waals surface area (Å²) in [5, 5.41) is 0. The summed E-state index contributed by atoms with van der Waals surface area (Å²) >= 11 is 0. The van der Waals surface area contributed by atoms with Gasteiger partial charge in [-0.1, -0.05) is 30.3 Å². The number of amides is 1. The molecule has 1 fully saturated rings. The standard InChI is InChI=1S/C20H26N4O2/c1-16-13-22-18(14-21-16)15-23-9-6-10-24(12-11-23)20(25)19(26-2)17-7-4-3-5-8-17/h3-5,7-8,13-14,19H,6,9-12,15H2,1-2H3/t19-/m1/s1. The fourth-order valence-corrected chi connectivity index (χ4v) is 3.25. The zero-order valence-corrected chi connectivity index (χ0v) is 15.5. The van der Waals surface area contributed by atoms with Gasteiger partial charge in [0, 0.05) is 52.2 Å². The molecule has 2 aromatic rings. The van der Waals surface area contributed by atoms with Crippen LogP contribution in [0.2, 0.25) is 0 Å². The minimum Gasteiger partial charge on any atom is -0.367 e. The number of nitrogens with zero attached hydrogens (tertiary/aromatic N) is 4. The maximum Gasteiger partial charge on any atom is 0.256 e. The fourth-order valence-electron chi connectivity index (χ4n) is 3.25. The lowest BCUT2D eigenvalue weighted by molar-refractivity contribution is -0.142. The number of aromatic nitrogens is 2. The van der Waals surface area contributed by atoms with Gasteiger partial charge < -0.3 is 9.64 Å². The number of rotatable bonds is 5. The lowest BCUT2D eigenvalue weighted by Crippen LogP contribution is -2.38. The lowest BCUT2D eigenvalue weighted by atomic mass is 10.1. The number of carbonyl (C=O) groups excluding carboxylic acids is 1. The second-order valence-corrected chi connectivity index (χ2v) is 6.63. The summed E-state index contributed by atoms with van der Waals surface area (Å²) in [5.41, 5.74) is 2.79. The van der Waals surface area contributed by atoms with Gasteiger partial charge in [-0.05, 0) is 18.9 Å². The highest BCUT2D eigenvalue weighted by Gasteiger charge is 2.27. The van der Waals surface area contributed by atoms with Crippen LogP contribution in [0.1, 0.15) is 29.5 Å². The number of hydrogen-bond acceptors (Lipinski definition) is 5. The molecule has 0 unspecified atom stereocenters. The van der Waals surface area contributed by atoms with E-state index in [1.165, 1.54) is 0 Å². The predicted molar refractivity (Wildman–Crippen MR) is 99.4 cm³/mol. The molecule has 0 aliphatic carbocycles. The van der Waals surface area contributed by atoms with Crippen LogP contribution in [0.5, 0.6) is 0 Å². The van der Waals surface area contributed by atoms with Crippen LogP contribution in [-0.2, 0) is 16.1 Å². The van der Waals surface area contributed by atoms with E-state index in [1.807, 2.05) is 48.4 Å². The average molecular weight is 354 g/mol. The van der Waals surface area contributed by atoms with Crippen LogP contribution in [0.3, 0.4) is 0 Å². The van der Waals surface area contributed by atoms with Gasteiger partial charge >= 0.3 is 0 Å². The first-order chi connectivity index (χ1) is 12.7. The summed E-state index contributed by atoms with van der Waals surface area (Å²) < 4.78 is 5.50. The van der Waals surface area contributed by atoms with Crippen molar-refractivity contribution < 1.29 is 9.53 Å². The average Bonchev–Trinajstić information content (AvgIpc) is 2.91. The zero-order chi connectivity index (χ0) is 18.4. The van der Waals surface area contributed by atoms with Crippen molar-refractivity contribution in [2.45, 2.75) is 26.0 Å². The van der Waals surface area contributed by atoms with Crippen molar-refractivity contribution in [1.82, 2.24) is 19.8 Å². The second kappa shape index (κ2) is 8.87. The second-order valence-electron chi connectivity index (χ2n) is 6.63. The number of hydrogen-bond donors (Lipinski definition) is 0. The first-order valence-electron chi connectivity index (χ1n) is 9.04. The molecule has 1 aliphatic rings. The van der Waals surface area contributed by atoms with E-state index in [2.05, 4.69) is 14.9 Å². The van der Waals surface area contributed by atoms with Gasteiger partial charge in [-0.2, -0.15) is 0 Å². The quantitative estimate of drug-likeness (QED) is 0.824. The molecule has 1 aromatic heterocycles. The molecule has 0 radical (unpaired) electrons. The number of benzene rings is 1. The van der Waals surface area contributed by atoms with Crippen molar-refractivity contribution in [2.24, 2.45) is 0 Å². The highest BCUT2D eigenvalue weighted by Crippen LogP contribution is 2.20. The van der Waals surface area contributed by atoms with Gasteiger partial charge in [0.05, 0.1) is 11.4 Å². The summed E-state index contributed by atoms with van der Waals surface area (Å²) in [5.74, 6) is 0.0377. The lowest BCUT2D eigenvalue weighted by Gasteiger charge is -2.26. The van der Waals surface area contributed by atoms with Crippen LogP contribution in [0.4, 0.5) is 0 Å². The Balaban J connectivity index is 1.60. The van der Waals surface area contributed by atoms with Crippen molar-refractivity contribution >= 4 is 5.91 Å². The molecule has 3 rings (SSSR count). The van der Waals surface area contributed by atoms with E-state index in [1.54, 1.807) is 13.3 Å². The van der Waals surface area contributed by atoms with E-state index < -0.39 is 6.10 Å². The molecule has 6 heteroatoms. The van der Waals surface area contributed by atoms with Crippen LogP contribution >= 0.6 is 0 Å². The van der Waals surface area contributed by atoms with Crippen molar-refractivity contribution in [3.05, 3.63) is 59.7 Å². The van der Waals surface area contributed by atoms with Crippen LogP contribution in [0, 0.1) is 6.92 Å². The molecule has 0 saturated carbocycles. The van der Waals surface area contributed by atoms with Gasteiger partial charge in [0.2, 0.25) is 0 Å². The Hall–Kier alpha value is -2.31. The van der Waals surface area contributed by atoms with Crippen molar-refractivity contribution in [3.63, 3.8) is 0 Å². The van der Waals surface area contributed by atoms with E-state index in [0.717, 1.165) is 49.6 Å². The topological polar surface area (TPSA) is 58.6 Å². The Morgan fingerprint density at radius 3 is 2.62 bits per heavy atom. The Labute approximate surface area is 154 Å². The monoisotopic (exact) mass is 354 g/mol. The van der Waals surface area contributed by atoms with E-state index in [9.17, 15) is 4.79 Å². The largest absolute Gasteiger partial charge is 0.367 e. The van der Waals surface area contributed by atoms with Crippen LogP contribution < -0.4 is 0 Å². The third kappa shape index (κ3) is 4.65. The third-order valence-corrected chi connectivity index (χ3v) is 4.68. The summed E-state index contributed by atoms with van der Waals surface area (Å²) in [6.45, 7) is 5.92. The van der Waals surface area contributed by atoms with Gasteiger partial charge in [0.15, 0.2) is 6.10 Å². The molecule has 1 amide bonds. The summed E-state index contributed by atoms with van der Waals surface area (Å²) in [6.07, 6.45) is 4.03. The maximum absolute atomic E-state index is 12.9. The predicted octanol–water partition coefficient (Wildman–Crippen LogP) is 2.21. The number of aryl methyl sites for hydroxylation is 1. The van der Waals surface area contributed by atoms with Gasteiger partial charge in [-0.25, -0.2) is 0 Å². The van der Waals surface area contributed by atoms with E-state index in [-0.39, 0.29) is 5.91 Å². The molecule has 1 saturated heterocycles. The highest BCUT2D eigenvalue weighted by atomic mass is 16.5. The van der Waals surface area contributed by atoms with E-state index in [4.69, 9.17) is 4.74 Å². The molecule has 1 atom stereocenters. The Kier molecular flexibility index (Phi) is 6.30. The Morgan fingerprint density at radius 2 is 1.92 bits per heavy atom. The smallest absolute Gasteiger partial charge is 0.256 e. The van der Waals surface area contributed by atoms with Gasteiger partial charge in [0.1, 0.15) is 0 Å². The molecule has 1 aliphatic heterocycles. The maximum atomic E-state index is 12.9. The van der Waals surface area contributed by atoms with Crippen LogP contribution in [-0.4, -0.2) is 59.0 Å².